The molecule has 0 aromatic carbocycles. The zero-order valence-electron chi connectivity index (χ0n) is 16.2. The van der Waals surface area contributed by atoms with Gasteiger partial charge in [-0.1, -0.05) is 0 Å². The number of nitrogens with zero attached hydrogens (tertiary/aromatic N) is 3. The van der Waals surface area contributed by atoms with Gasteiger partial charge in [-0.15, -0.1) is 0 Å². The van der Waals surface area contributed by atoms with Gasteiger partial charge in [0.15, 0.2) is 5.76 Å². The number of aliphatic hydroxyl groups is 1. The van der Waals surface area contributed by atoms with E-state index in [1.165, 1.54) is 0 Å². The maximum Gasteiger partial charge on any atom is 0.152 e. The van der Waals surface area contributed by atoms with Crippen LogP contribution in [0.2, 0.25) is 0 Å². The lowest BCUT2D eigenvalue weighted by atomic mass is 9.58. The molecule has 7 nitrogen and oxygen atoms in total. The van der Waals surface area contributed by atoms with Crippen molar-refractivity contribution in [3.8, 4) is 11.5 Å². The van der Waals surface area contributed by atoms with Gasteiger partial charge in [0.1, 0.15) is 11.5 Å². The van der Waals surface area contributed by atoms with Gasteiger partial charge in [0, 0.05) is 24.6 Å². The van der Waals surface area contributed by atoms with Crippen LogP contribution in [0.1, 0.15) is 25.0 Å². The second-order valence-electron chi connectivity index (χ2n) is 8.16. The van der Waals surface area contributed by atoms with Crippen molar-refractivity contribution in [1.29, 1.82) is 0 Å². The summed E-state index contributed by atoms with van der Waals surface area (Å²) in [5, 5.41) is 17.3. The van der Waals surface area contributed by atoms with E-state index in [1.807, 2.05) is 18.2 Å². The van der Waals surface area contributed by atoms with Crippen LogP contribution in [0, 0.1) is 5.41 Å². The fraction of sp³-hybridized carbons (Fsp3) is 0.650. The average molecular weight is 374 g/mol. The van der Waals surface area contributed by atoms with Crippen molar-refractivity contribution in [3.05, 3.63) is 30.2 Å². The number of nitrogens with one attached hydrogen (secondary N) is 1. The molecule has 27 heavy (non-hydrogen) atoms. The number of piperidine rings is 1. The number of aliphatic hydroxyl groups excluding tert-OH is 1. The van der Waals surface area contributed by atoms with E-state index in [0.717, 1.165) is 69.3 Å². The second kappa shape index (κ2) is 7.75. The zero-order valence-corrected chi connectivity index (χ0v) is 16.2. The molecule has 7 heteroatoms. The predicted molar refractivity (Wildman–Crippen MR) is 102 cm³/mol. The molecule has 1 aliphatic heterocycles. The van der Waals surface area contributed by atoms with Gasteiger partial charge < -0.3 is 19.2 Å². The van der Waals surface area contributed by atoms with E-state index in [4.69, 9.17) is 9.15 Å². The molecule has 2 aromatic rings. The van der Waals surface area contributed by atoms with Gasteiger partial charge >= 0.3 is 0 Å². The van der Waals surface area contributed by atoms with Crippen LogP contribution in [0.15, 0.2) is 28.8 Å². The molecule has 4 rings (SSSR count). The minimum atomic E-state index is -0.223. The Hall–Kier alpha value is -1.67. The summed E-state index contributed by atoms with van der Waals surface area (Å²) < 4.78 is 12.1. The molecule has 2 N–H and O–H groups in total. The first kappa shape index (κ1) is 18.7. The van der Waals surface area contributed by atoms with Crippen molar-refractivity contribution in [1.82, 2.24) is 20.0 Å². The lowest BCUT2D eigenvalue weighted by Crippen LogP contribution is -2.62. The number of H-pyrrole nitrogens is 1. The van der Waals surface area contributed by atoms with E-state index in [-0.39, 0.29) is 17.6 Å². The van der Waals surface area contributed by atoms with Crippen molar-refractivity contribution in [2.24, 2.45) is 5.41 Å². The number of furan rings is 1. The lowest BCUT2D eigenvalue weighted by molar-refractivity contribution is -0.212. The molecular formula is C20H30N4O3. The Balaban J connectivity index is 1.29. The number of likely N-dealkylation sites (tertiary alicyclic amines) is 1. The standard InChI is InChI=1S/C20H30N4O3/c1-23(2)11-12-26-19-13-18(25)20(19)6-9-24(10-7-20)14-15-3-4-17(27-15)16-5-8-21-22-16/h3-5,8,18-19,25H,6-7,9-14H2,1-2H3,(H,21,22)/t18-,19+/m0/s1. The minimum Gasteiger partial charge on any atom is -0.458 e. The van der Waals surface area contributed by atoms with E-state index in [9.17, 15) is 5.11 Å². The van der Waals surface area contributed by atoms with Gasteiger partial charge in [-0.2, -0.15) is 5.10 Å². The molecule has 2 aliphatic rings. The van der Waals surface area contributed by atoms with Crippen LogP contribution in [0.5, 0.6) is 0 Å². The van der Waals surface area contributed by atoms with Crippen LogP contribution in [0.25, 0.3) is 11.5 Å². The van der Waals surface area contributed by atoms with E-state index in [2.05, 4.69) is 34.1 Å². The van der Waals surface area contributed by atoms with Crippen molar-refractivity contribution < 1.29 is 14.3 Å². The molecule has 1 spiro atoms. The van der Waals surface area contributed by atoms with Gasteiger partial charge in [0.05, 0.1) is 25.4 Å². The number of rotatable bonds is 7. The van der Waals surface area contributed by atoms with Gasteiger partial charge in [0.2, 0.25) is 0 Å². The molecule has 2 fully saturated rings. The van der Waals surface area contributed by atoms with E-state index in [1.54, 1.807) is 6.20 Å². The fourth-order valence-corrected chi connectivity index (χ4v) is 4.34. The lowest BCUT2D eigenvalue weighted by Gasteiger charge is -2.56. The molecule has 0 unspecified atom stereocenters. The van der Waals surface area contributed by atoms with Crippen molar-refractivity contribution >= 4 is 0 Å². The van der Waals surface area contributed by atoms with Crippen LogP contribution in [-0.2, 0) is 11.3 Å². The molecule has 0 amide bonds. The summed E-state index contributed by atoms with van der Waals surface area (Å²) in [6, 6.07) is 5.92. The minimum absolute atomic E-state index is 0.0486. The maximum absolute atomic E-state index is 10.5. The highest BCUT2D eigenvalue weighted by atomic mass is 16.5. The normalized spacial score (nSPS) is 25.2. The quantitative estimate of drug-likeness (QED) is 0.772. The predicted octanol–water partition coefficient (Wildman–Crippen LogP) is 1.96. The Bertz CT molecular complexity index is 719. The van der Waals surface area contributed by atoms with Crippen LogP contribution in [0.3, 0.4) is 0 Å². The van der Waals surface area contributed by atoms with Crippen molar-refractivity contribution in [3.63, 3.8) is 0 Å². The molecule has 1 saturated heterocycles. The monoisotopic (exact) mass is 374 g/mol. The summed E-state index contributed by atoms with van der Waals surface area (Å²) in [5.41, 5.74) is 0.849. The number of hydrogen-bond donors (Lipinski definition) is 2. The molecule has 2 aromatic heterocycles. The third-order valence-electron chi connectivity index (χ3n) is 6.19. The van der Waals surface area contributed by atoms with Gasteiger partial charge in [-0.25, -0.2) is 0 Å². The van der Waals surface area contributed by atoms with Crippen molar-refractivity contribution in [2.75, 3.05) is 40.3 Å². The van der Waals surface area contributed by atoms with Crippen LogP contribution in [0.4, 0.5) is 0 Å². The fourth-order valence-electron chi connectivity index (χ4n) is 4.34. The van der Waals surface area contributed by atoms with Crippen LogP contribution in [-0.4, -0.2) is 77.6 Å². The third-order valence-corrected chi connectivity index (χ3v) is 6.19. The molecule has 0 bridgehead atoms. The Morgan fingerprint density at radius 3 is 2.81 bits per heavy atom. The van der Waals surface area contributed by atoms with Crippen molar-refractivity contribution in [2.45, 2.75) is 38.0 Å². The Labute approximate surface area is 160 Å². The molecule has 2 atom stereocenters. The summed E-state index contributed by atoms with van der Waals surface area (Å²) in [6.07, 6.45) is 4.44. The number of ether oxygens (including phenoxy) is 1. The first-order chi connectivity index (χ1) is 13.1. The number of aromatic amines is 1. The first-order valence-electron chi connectivity index (χ1n) is 9.82. The zero-order chi connectivity index (χ0) is 18.9. The SMILES string of the molecule is CN(C)CCO[C@@H]1C[C@H](O)C12CCN(Cc1ccc(-c3ccn[nH]3)o1)CC2. The number of hydrogen-bond acceptors (Lipinski definition) is 6. The van der Waals surface area contributed by atoms with E-state index in [0.29, 0.717) is 0 Å². The average Bonchev–Trinajstić information content (AvgIpc) is 3.33. The maximum atomic E-state index is 10.5. The Morgan fingerprint density at radius 1 is 1.33 bits per heavy atom. The van der Waals surface area contributed by atoms with E-state index >= 15 is 0 Å². The van der Waals surface area contributed by atoms with Gasteiger partial charge in [-0.05, 0) is 58.2 Å². The highest BCUT2D eigenvalue weighted by Crippen LogP contribution is 2.51. The summed E-state index contributed by atoms with van der Waals surface area (Å²) in [6.45, 7) is 4.38. The molecule has 3 heterocycles. The second-order valence-corrected chi connectivity index (χ2v) is 8.16. The highest BCUT2D eigenvalue weighted by molar-refractivity contribution is 5.51. The van der Waals surface area contributed by atoms with E-state index < -0.39 is 0 Å². The summed E-state index contributed by atoms with van der Waals surface area (Å²) >= 11 is 0. The summed E-state index contributed by atoms with van der Waals surface area (Å²) in [5.74, 6) is 1.78. The third kappa shape index (κ3) is 3.82. The molecule has 148 valence electrons. The largest absolute Gasteiger partial charge is 0.458 e. The summed E-state index contributed by atoms with van der Waals surface area (Å²) in [4.78, 5) is 4.54. The highest BCUT2D eigenvalue weighted by Gasteiger charge is 2.56. The topological polar surface area (TPSA) is 77.8 Å². The summed E-state index contributed by atoms with van der Waals surface area (Å²) in [7, 11) is 4.11. The van der Waals surface area contributed by atoms with Gasteiger partial charge in [-0.3, -0.25) is 10.00 Å². The molecular weight excluding hydrogens is 344 g/mol. The van der Waals surface area contributed by atoms with Gasteiger partial charge in [0.25, 0.3) is 0 Å². The van der Waals surface area contributed by atoms with Crippen LogP contribution < -0.4 is 0 Å². The molecule has 0 radical (unpaired) electrons. The van der Waals surface area contributed by atoms with Crippen LogP contribution >= 0.6 is 0 Å². The number of likely N-dealkylation sites (N-methyl/N-ethyl adjacent to an activating group) is 1. The smallest absolute Gasteiger partial charge is 0.152 e. The molecule has 1 aliphatic carbocycles. The Kier molecular flexibility index (Phi) is 5.36. The Morgan fingerprint density at radius 2 is 2.15 bits per heavy atom. The first-order valence-corrected chi connectivity index (χ1v) is 9.82. The molecule has 1 saturated carbocycles. The number of aromatic nitrogens is 2.